The number of rotatable bonds is 6. The van der Waals surface area contributed by atoms with Gasteiger partial charge in [-0.15, -0.1) is 0 Å². The zero-order valence-corrected chi connectivity index (χ0v) is 10.4. The van der Waals surface area contributed by atoms with Gasteiger partial charge in [-0.3, -0.25) is 5.32 Å². The molecule has 0 radical (unpaired) electrons. The van der Waals surface area contributed by atoms with Crippen LogP contribution in [-0.2, 0) is 0 Å². The Morgan fingerprint density at radius 1 is 1.33 bits per heavy atom. The average molecular weight is 254 g/mol. The van der Waals surface area contributed by atoms with E-state index in [1.54, 1.807) is 0 Å². The van der Waals surface area contributed by atoms with Crippen molar-refractivity contribution in [1.82, 2.24) is 5.32 Å². The molecule has 1 atom stereocenters. The van der Waals surface area contributed by atoms with Crippen LogP contribution in [0, 0.1) is 23.0 Å². The molecular formula is C13H16F2N2O. The van der Waals surface area contributed by atoms with E-state index < -0.39 is 17.4 Å². The van der Waals surface area contributed by atoms with Crippen LogP contribution in [0.15, 0.2) is 18.2 Å². The van der Waals surface area contributed by atoms with Crippen LogP contribution in [0.5, 0.6) is 5.75 Å². The lowest BCUT2D eigenvalue weighted by Crippen LogP contribution is -2.34. The van der Waals surface area contributed by atoms with Crippen LogP contribution in [0.25, 0.3) is 0 Å². The maximum atomic E-state index is 13.2. The van der Waals surface area contributed by atoms with Crippen LogP contribution in [0.1, 0.15) is 20.3 Å². The maximum absolute atomic E-state index is 13.2. The van der Waals surface area contributed by atoms with Gasteiger partial charge in [0.25, 0.3) is 0 Å². The van der Waals surface area contributed by atoms with E-state index >= 15 is 0 Å². The second kappa shape index (κ2) is 6.92. The second-order valence-corrected chi connectivity index (χ2v) is 4.19. The molecule has 1 N–H and O–H groups in total. The molecule has 0 fully saturated rings. The molecule has 0 saturated heterocycles. The van der Waals surface area contributed by atoms with Gasteiger partial charge >= 0.3 is 0 Å². The summed E-state index contributed by atoms with van der Waals surface area (Å²) in [6.45, 7) is 3.92. The topological polar surface area (TPSA) is 45.0 Å². The molecule has 0 bridgehead atoms. The highest BCUT2D eigenvalue weighted by molar-refractivity contribution is 5.25. The summed E-state index contributed by atoms with van der Waals surface area (Å²) in [7, 11) is 0. The maximum Gasteiger partial charge on any atom is 0.190 e. The molecule has 18 heavy (non-hydrogen) atoms. The van der Waals surface area contributed by atoms with Gasteiger partial charge in [0.1, 0.15) is 0 Å². The molecule has 0 aromatic heterocycles. The minimum absolute atomic E-state index is 0.0792. The predicted molar refractivity (Wildman–Crippen MR) is 64.1 cm³/mol. The van der Waals surface area contributed by atoms with E-state index in [-0.39, 0.29) is 18.7 Å². The van der Waals surface area contributed by atoms with E-state index in [1.165, 1.54) is 6.07 Å². The summed E-state index contributed by atoms with van der Waals surface area (Å²) in [4.78, 5) is 0. The van der Waals surface area contributed by atoms with Gasteiger partial charge in [0.2, 0.25) is 0 Å². The standard InChI is InChI=1S/C13H16F2N2O/c1-9(2)17-10(8-16)6-7-18-13-11(14)4-3-5-12(13)15/h3-5,9-10,17H,6-7H2,1-2H3. The van der Waals surface area contributed by atoms with Crippen LogP contribution in [0.3, 0.4) is 0 Å². The lowest BCUT2D eigenvalue weighted by Gasteiger charge is -2.15. The molecule has 1 aromatic rings. The minimum Gasteiger partial charge on any atom is -0.488 e. The number of nitriles is 1. The van der Waals surface area contributed by atoms with Gasteiger partial charge < -0.3 is 4.74 Å². The summed E-state index contributed by atoms with van der Waals surface area (Å²) in [6.07, 6.45) is 0.364. The highest BCUT2D eigenvalue weighted by atomic mass is 19.1. The monoisotopic (exact) mass is 254 g/mol. The van der Waals surface area contributed by atoms with Crippen LogP contribution >= 0.6 is 0 Å². The van der Waals surface area contributed by atoms with Crippen molar-refractivity contribution in [2.45, 2.75) is 32.4 Å². The number of nitrogens with zero attached hydrogens (tertiary/aromatic N) is 1. The molecule has 98 valence electrons. The number of nitrogens with one attached hydrogen (secondary N) is 1. The summed E-state index contributed by atoms with van der Waals surface area (Å²) in [5.41, 5.74) is 0. The zero-order valence-electron chi connectivity index (χ0n) is 10.4. The van der Waals surface area contributed by atoms with E-state index in [4.69, 9.17) is 10.00 Å². The molecule has 0 aliphatic heterocycles. The van der Waals surface area contributed by atoms with Crippen molar-refractivity contribution >= 4 is 0 Å². The lowest BCUT2D eigenvalue weighted by molar-refractivity contribution is 0.268. The first-order valence-corrected chi connectivity index (χ1v) is 5.77. The summed E-state index contributed by atoms with van der Waals surface area (Å²) < 4.78 is 31.5. The van der Waals surface area contributed by atoms with Crippen molar-refractivity contribution in [3.8, 4) is 11.8 Å². The van der Waals surface area contributed by atoms with Gasteiger partial charge in [-0.2, -0.15) is 5.26 Å². The number of halogens is 2. The van der Waals surface area contributed by atoms with Gasteiger partial charge in [0.15, 0.2) is 17.4 Å². The minimum atomic E-state index is -0.736. The molecule has 1 aromatic carbocycles. The Bertz CT molecular complexity index is 409. The number of benzene rings is 1. The number of hydrogen-bond donors (Lipinski definition) is 1. The molecule has 1 unspecified atom stereocenters. The fraction of sp³-hybridized carbons (Fsp3) is 0.462. The van der Waals surface area contributed by atoms with Crippen molar-refractivity contribution in [3.05, 3.63) is 29.8 Å². The van der Waals surface area contributed by atoms with Gasteiger partial charge in [0.05, 0.1) is 18.7 Å². The fourth-order valence-electron chi connectivity index (χ4n) is 1.49. The first-order chi connectivity index (χ1) is 8.54. The Labute approximate surface area is 105 Å². The summed E-state index contributed by atoms with van der Waals surface area (Å²) in [6, 6.07) is 5.38. The highest BCUT2D eigenvalue weighted by Crippen LogP contribution is 2.20. The average Bonchev–Trinajstić information content (AvgIpc) is 2.31. The van der Waals surface area contributed by atoms with E-state index in [2.05, 4.69) is 11.4 Å². The van der Waals surface area contributed by atoms with Crippen molar-refractivity contribution in [2.24, 2.45) is 0 Å². The third kappa shape index (κ3) is 4.30. The summed E-state index contributed by atoms with van der Waals surface area (Å²) in [5, 5.41) is 11.9. The Morgan fingerprint density at radius 3 is 2.44 bits per heavy atom. The SMILES string of the molecule is CC(C)NC(C#N)CCOc1c(F)cccc1F. The van der Waals surface area contributed by atoms with Crippen LogP contribution < -0.4 is 10.1 Å². The van der Waals surface area contributed by atoms with Gasteiger partial charge in [-0.25, -0.2) is 8.78 Å². The Balaban J connectivity index is 2.49. The quantitative estimate of drug-likeness (QED) is 0.848. The number of hydrogen-bond acceptors (Lipinski definition) is 3. The first kappa shape index (κ1) is 14.4. The van der Waals surface area contributed by atoms with Crippen molar-refractivity contribution in [2.75, 3.05) is 6.61 Å². The van der Waals surface area contributed by atoms with Gasteiger partial charge in [-0.1, -0.05) is 6.07 Å². The second-order valence-electron chi connectivity index (χ2n) is 4.19. The normalized spacial score (nSPS) is 12.2. The molecule has 0 amide bonds. The van der Waals surface area contributed by atoms with Gasteiger partial charge in [0, 0.05) is 12.5 Å². The zero-order chi connectivity index (χ0) is 13.5. The third-order valence-electron chi connectivity index (χ3n) is 2.26. The molecule has 1 rings (SSSR count). The van der Waals surface area contributed by atoms with Crippen molar-refractivity contribution < 1.29 is 13.5 Å². The Hall–Kier alpha value is -1.67. The van der Waals surface area contributed by atoms with Crippen LogP contribution in [-0.4, -0.2) is 18.7 Å². The Kier molecular flexibility index (Phi) is 5.53. The predicted octanol–water partition coefficient (Wildman–Crippen LogP) is 2.62. The molecule has 3 nitrogen and oxygen atoms in total. The molecule has 5 heteroatoms. The van der Waals surface area contributed by atoms with Crippen molar-refractivity contribution in [1.29, 1.82) is 5.26 Å². The fourth-order valence-corrected chi connectivity index (χ4v) is 1.49. The number of ether oxygens (including phenoxy) is 1. The first-order valence-electron chi connectivity index (χ1n) is 5.77. The molecule has 0 aliphatic rings. The molecule has 0 heterocycles. The van der Waals surface area contributed by atoms with E-state index in [0.29, 0.717) is 6.42 Å². The molecule has 0 spiro atoms. The third-order valence-corrected chi connectivity index (χ3v) is 2.26. The van der Waals surface area contributed by atoms with Crippen molar-refractivity contribution in [3.63, 3.8) is 0 Å². The molecule has 0 aliphatic carbocycles. The van der Waals surface area contributed by atoms with E-state index in [9.17, 15) is 8.78 Å². The Morgan fingerprint density at radius 2 is 1.94 bits per heavy atom. The molecular weight excluding hydrogens is 238 g/mol. The summed E-state index contributed by atoms with van der Waals surface area (Å²) >= 11 is 0. The number of para-hydroxylation sites is 1. The van der Waals surface area contributed by atoms with Crippen LogP contribution in [0.2, 0.25) is 0 Å². The van der Waals surface area contributed by atoms with E-state index in [1.807, 2.05) is 13.8 Å². The highest BCUT2D eigenvalue weighted by Gasteiger charge is 2.12. The van der Waals surface area contributed by atoms with Crippen LogP contribution in [0.4, 0.5) is 8.78 Å². The van der Waals surface area contributed by atoms with Gasteiger partial charge in [-0.05, 0) is 26.0 Å². The largest absolute Gasteiger partial charge is 0.488 e. The smallest absolute Gasteiger partial charge is 0.190 e. The van der Waals surface area contributed by atoms with E-state index in [0.717, 1.165) is 12.1 Å². The lowest BCUT2D eigenvalue weighted by atomic mass is 10.2. The summed E-state index contributed by atoms with van der Waals surface area (Å²) in [5.74, 6) is -1.86. The molecule has 0 saturated carbocycles.